The van der Waals surface area contributed by atoms with E-state index in [0.29, 0.717) is 10.9 Å². The van der Waals surface area contributed by atoms with E-state index in [-0.39, 0.29) is 11.3 Å². The lowest BCUT2D eigenvalue weighted by atomic mass is 10.1. The Labute approximate surface area is 83.3 Å². The molecule has 0 radical (unpaired) electrons. The Hall–Kier alpha value is -2.37. The van der Waals surface area contributed by atoms with Crippen molar-refractivity contribution in [3.8, 4) is 0 Å². The fourth-order valence-electron chi connectivity index (χ4n) is 1.43. The van der Waals surface area contributed by atoms with Crippen LogP contribution in [-0.2, 0) is 0 Å². The number of nitro benzene ring substituents is 1. The number of benzene rings is 1. The van der Waals surface area contributed by atoms with E-state index in [1.807, 2.05) is 0 Å². The van der Waals surface area contributed by atoms with Crippen LogP contribution < -0.4 is 0 Å². The Kier molecular flexibility index (Phi) is 1.89. The summed E-state index contributed by atoms with van der Waals surface area (Å²) in [6.45, 7) is 0. The number of aromatic amines is 1. The fourth-order valence-corrected chi connectivity index (χ4v) is 1.43. The van der Waals surface area contributed by atoms with Gasteiger partial charge in [0, 0.05) is 23.7 Å². The van der Waals surface area contributed by atoms with Crippen molar-refractivity contribution in [1.29, 1.82) is 0 Å². The minimum atomic E-state index is -1.18. The highest BCUT2D eigenvalue weighted by Crippen LogP contribution is 2.24. The molecule has 0 unspecified atom stereocenters. The molecule has 0 aliphatic carbocycles. The third kappa shape index (κ3) is 1.41. The highest BCUT2D eigenvalue weighted by molar-refractivity contribution is 6.03. The molecule has 0 amide bonds. The molecule has 2 aromatic rings. The average molecular weight is 206 g/mol. The first-order valence-corrected chi connectivity index (χ1v) is 4.08. The summed E-state index contributed by atoms with van der Waals surface area (Å²) < 4.78 is 0. The highest BCUT2D eigenvalue weighted by Gasteiger charge is 2.16. The van der Waals surface area contributed by atoms with Crippen molar-refractivity contribution in [2.24, 2.45) is 0 Å². The molecule has 0 atom stereocenters. The molecule has 76 valence electrons. The van der Waals surface area contributed by atoms with Crippen molar-refractivity contribution in [3.63, 3.8) is 0 Å². The zero-order valence-corrected chi connectivity index (χ0v) is 7.43. The van der Waals surface area contributed by atoms with Crippen LogP contribution in [0.5, 0.6) is 0 Å². The predicted molar refractivity (Wildman–Crippen MR) is 51.9 cm³/mol. The number of non-ortho nitro benzene ring substituents is 1. The number of carboxylic acids is 1. The molecule has 0 aliphatic rings. The Morgan fingerprint density at radius 1 is 1.47 bits per heavy atom. The van der Waals surface area contributed by atoms with Crippen molar-refractivity contribution in [1.82, 2.24) is 4.98 Å². The molecule has 0 bridgehead atoms. The molecular formula is C9H6N2O4. The van der Waals surface area contributed by atoms with Gasteiger partial charge in [-0.1, -0.05) is 0 Å². The number of H-pyrrole nitrogens is 1. The molecule has 6 nitrogen and oxygen atoms in total. The third-order valence-corrected chi connectivity index (χ3v) is 2.09. The zero-order chi connectivity index (χ0) is 11.0. The standard InChI is InChI=1S/C9H6N2O4/c12-9(13)7-3-5(11(14)15)4-8-6(7)1-2-10-8/h1-4,10H,(H,12,13). The Morgan fingerprint density at radius 2 is 2.20 bits per heavy atom. The predicted octanol–water partition coefficient (Wildman–Crippen LogP) is 1.77. The van der Waals surface area contributed by atoms with Gasteiger partial charge in [-0.05, 0) is 6.07 Å². The summed E-state index contributed by atoms with van der Waals surface area (Å²) in [5.41, 5.74) is 0.143. The zero-order valence-electron chi connectivity index (χ0n) is 7.43. The van der Waals surface area contributed by atoms with Gasteiger partial charge >= 0.3 is 5.97 Å². The van der Waals surface area contributed by atoms with Gasteiger partial charge in [-0.3, -0.25) is 10.1 Å². The molecular weight excluding hydrogens is 200 g/mol. The van der Waals surface area contributed by atoms with Gasteiger partial charge in [0.1, 0.15) is 0 Å². The van der Waals surface area contributed by atoms with Gasteiger partial charge < -0.3 is 10.1 Å². The van der Waals surface area contributed by atoms with Gasteiger partial charge in [0.25, 0.3) is 5.69 Å². The number of hydrogen-bond donors (Lipinski definition) is 2. The number of nitrogens with zero attached hydrogens (tertiary/aromatic N) is 1. The van der Waals surface area contributed by atoms with Crippen molar-refractivity contribution in [2.75, 3.05) is 0 Å². The second-order valence-electron chi connectivity index (χ2n) is 2.99. The number of fused-ring (bicyclic) bond motifs is 1. The first-order chi connectivity index (χ1) is 7.09. The fraction of sp³-hybridized carbons (Fsp3) is 0. The smallest absolute Gasteiger partial charge is 0.336 e. The van der Waals surface area contributed by atoms with Crippen LogP contribution in [0.4, 0.5) is 5.69 Å². The molecule has 1 aromatic carbocycles. The van der Waals surface area contributed by atoms with E-state index in [2.05, 4.69) is 4.98 Å². The van der Waals surface area contributed by atoms with Crippen LogP contribution in [-0.4, -0.2) is 21.0 Å². The number of nitro groups is 1. The number of aromatic carboxylic acids is 1. The van der Waals surface area contributed by atoms with Crippen LogP contribution in [0, 0.1) is 10.1 Å². The normalized spacial score (nSPS) is 10.4. The molecule has 1 aromatic heterocycles. The summed E-state index contributed by atoms with van der Waals surface area (Å²) in [6.07, 6.45) is 1.54. The van der Waals surface area contributed by atoms with E-state index < -0.39 is 10.9 Å². The minimum Gasteiger partial charge on any atom is -0.478 e. The summed E-state index contributed by atoms with van der Waals surface area (Å²) in [6, 6.07) is 3.93. The Bertz CT molecular complexity index is 558. The number of carbonyl (C=O) groups is 1. The second-order valence-corrected chi connectivity index (χ2v) is 2.99. The molecule has 0 fully saturated rings. The largest absolute Gasteiger partial charge is 0.478 e. The number of nitrogens with one attached hydrogen (secondary N) is 1. The number of rotatable bonds is 2. The lowest BCUT2D eigenvalue weighted by molar-refractivity contribution is -0.384. The third-order valence-electron chi connectivity index (χ3n) is 2.09. The van der Waals surface area contributed by atoms with Gasteiger partial charge in [0.2, 0.25) is 0 Å². The summed E-state index contributed by atoms with van der Waals surface area (Å²) in [7, 11) is 0. The molecule has 0 aliphatic heterocycles. The Morgan fingerprint density at radius 3 is 2.80 bits per heavy atom. The van der Waals surface area contributed by atoms with Gasteiger partial charge in [0.05, 0.1) is 16.0 Å². The monoisotopic (exact) mass is 206 g/mol. The maximum absolute atomic E-state index is 10.9. The lowest BCUT2D eigenvalue weighted by Gasteiger charge is -1.97. The van der Waals surface area contributed by atoms with E-state index >= 15 is 0 Å². The van der Waals surface area contributed by atoms with Gasteiger partial charge in [0.15, 0.2) is 0 Å². The first kappa shape index (κ1) is 9.20. The quantitative estimate of drug-likeness (QED) is 0.578. The second kappa shape index (κ2) is 3.09. The molecule has 0 spiro atoms. The van der Waals surface area contributed by atoms with Crippen LogP contribution in [0.3, 0.4) is 0 Å². The number of aromatic nitrogens is 1. The van der Waals surface area contributed by atoms with Gasteiger partial charge in [-0.25, -0.2) is 4.79 Å². The van der Waals surface area contributed by atoms with Crippen LogP contribution >= 0.6 is 0 Å². The summed E-state index contributed by atoms with van der Waals surface area (Å²) >= 11 is 0. The van der Waals surface area contributed by atoms with Crippen LogP contribution in [0.2, 0.25) is 0 Å². The van der Waals surface area contributed by atoms with Crippen LogP contribution in [0.25, 0.3) is 10.9 Å². The maximum atomic E-state index is 10.9. The summed E-state index contributed by atoms with van der Waals surface area (Å²) in [4.78, 5) is 23.5. The molecule has 15 heavy (non-hydrogen) atoms. The maximum Gasteiger partial charge on any atom is 0.336 e. The van der Waals surface area contributed by atoms with Crippen molar-refractivity contribution < 1.29 is 14.8 Å². The first-order valence-electron chi connectivity index (χ1n) is 4.08. The van der Waals surface area contributed by atoms with Crippen molar-refractivity contribution in [2.45, 2.75) is 0 Å². The minimum absolute atomic E-state index is 0.0690. The molecule has 0 saturated carbocycles. The molecule has 2 rings (SSSR count). The summed E-state index contributed by atoms with van der Waals surface area (Å²) in [5, 5.41) is 19.9. The Balaban J connectivity index is 2.80. The molecule has 1 heterocycles. The molecule has 6 heteroatoms. The van der Waals surface area contributed by atoms with E-state index in [0.717, 1.165) is 6.07 Å². The topological polar surface area (TPSA) is 96.2 Å². The van der Waals surface area contributed by atoms with E-state index in [1.165, 1.54) is 6.07 Å². The average Bonchev–Trinajstić information content (AvgIpc) is 2.62. The van der Waals surface area contributed by atoms with Gasteiger partial charge in [-0.15, -0.1) is 0 Å². The molecule has 2 N–H and O–H groups in total. The number of carboxylic acid groups (broad SMARTS) is 1. The SMILES string of the molecule is O=C(O)c1cc([N+](=O)[O-])cc2[nH]ccc12. The van der Waals surface area contributed by atoms with Crippen molar-refractivity contribution in [3.05, 3.63) is 40.1 Å². The van der Waals surface area contributed by atoms with Gasteiger partial charge in [-0.2, -0.15) is 0 Å². The van der Waals surface area contributed by atoms with Crippen LogP contribution in [0.1, 0.15) is 10.4 Å². The van der Waals surface area contributed by atoms with Crippen LogP contribution in [0.15, 0.2) is 24.4 Å². The highest BCUT2D eigenvalue weighted by atomic mass is 16.6. The summed E-state index contributed by atoms with van der Waals surface area (Å²) in [5.74, 6) is -1.18. The lowest BCUT2D eigenvalue weighted by Crippen LogP contribution is -1.99. The molecule has 0 saturated heterocycles. The van der Waals surface area contributed by atoms with Crippen molar-refractivity contribution >= 4 is 22.6 Å². The van der Waals surface area contributed by atoms with E-state index in [9.17, 15) is 14.9 Å². The van der Waals surface area contributed by atoms with E-state index in [1.54, 1.807) is 12.3 Å². The van der Waals surface area contributed by atoms with E-state index in [4.69, 9.17) is 5.11 Å². The number of hydrogen-bond acceptors (Lipinski definition) is 3.